The molecule has 20 heavy (non-hydrogen) atoms. The smallest absolute Gasteiger partial charge is 0.308 e. The second-order valence-corrected chi connectivity index (χ2v) is 6.70. The minimum absolute atomic E-state index is 0.169. The summed E-state index contributed by atoms with van der Waals surface area (Å²) in [5, 5.41) is 12.7. The molecule has 0 radical (unpaired) electrons. The van der Waals surface area contributed by atoms with E-state index in [-0.39, 0.29) is 11.8 Å². The van der Waals surface area contributed by atoms with E-state index in [9.17, 15) is 9.59 Å². The lowest BCUT2D eigenvalue weighted by Gasteiger charge is -2.34. The van der Waals surface area contributed by atoms with Gasteiger partial charge in [0.05, 0.1) is 5.92 Å². The van der Waals surface area contributed by atoms with Gasteiger partial charge in [0, 0.05) is 31.6 Å². The number of carboxylic acids is 1. The van der Waals surface area contributed by atoms with Crippen LogP contribution in [0.1, 0.15) is 44.9 Å². The SMILES string of the molecule is O=C(O)[C@H]1CCCN(C(=O)CC2CC3CCC(C2)N3)C1. The molecule has 3 fully saturated rings. The van der Waals surface area contributed by atoms with Gasteiger partial charge in [-0.2, -0.15) is 0 Å². The molecule has 2 bridgehead atoms. The summed E-state index contributed by atoms with van der Waals surface area (Å²) in [7, 11) is 0. The average molecular weight is 280 g/mol. The third-order valence-electron chi connectivity index (χ3n) is 5.16. The molecule has 0 aromatic carbocycles. The van der Waals surface area contributed by atoms with Crippen molar-refractivity contribution >= 4 is 11.9 Å². The molecular formula is C15H24N2O3. The minimum Gasteiger partial charge on any atom is -0.481 e. The van der Waals surface area contributed by atoms with Crippen LogP contribution in [0.2, 0.25) is 0 Å². The Hall–Kier alpha value is -1.10. The van der Waals surface area contributed by atoms with Crippen molar-refractivity contribution in [3.05, 3.63) is 0 Å². The van der Waals surface area contributed by atoms with E-state index in [4.69, 9.17) is 5.11 Å². The van der Waals surface area contributed by atoms with Crippen molar-refractivity contribution < 1.29 is 14.7 Å². The third-order valence-corrected chi connectivity index (χ3v) is 5.16. The first-order valence-corrected chi connectivity index (χ1v) is 7.88. The number of carbonyl (C=O) groups is 2. The summed E-state index contributed by atoms with van der Waals surface area (Å²) < 4.78 is 0. The van der Waals surface area contributed by atoms with Crippen molar-refractivity contribution in [2.24, 2.45) is 11.8 Å². The number of piperidine rings is 2. The number of likely N-dealkylation sites (tertiary alicyclic amines) is 1. The summed E-state index contributed by atoms with van der Waals surface area (Å²) in [6, 6.07) is 1.22. The van der Waals surface area contributed by atoms with E-state index in [1.165, 1.54) is 12.8 Å². The number of nitrogens with one attached hydrogen (secondary N) is 1. The van der Waals surface area contributed by atoms with Crippen LogP contribution < -0.4 is 5.32 Å². The maximum Gasteiger partial charge on any atom is 0.308 e. The molecule has 3 atom stereocenters. The number of carboxylic acid groups (broad SMARTS) is 1. The van der Waals surface area contributed by atoms with Crippen LogP contribution >= 0.6 is 0 Å². The zero-order valence-electron chi connectivity index (χ0n) is 11.9. The molecule has 0 aromatic rings. The fraction of sp³-hybridized carbons (Fsp3) is 0.867. The Kier molecular flexibility index (Phi) is 3.96. The van der Waals surface area contributed by atoms with Crippen molar-refractivity contribution in [3.8, 4) is 0 Å². The largest absolute Gasteiger partial charge is 0.481 e. The average Bonchev–Trinajstić information content (AvgIpc) is 2.78. The topological polar surface area (TPSA) is 69.6 Å². The van der Waals surface area contributed by atoms with Crippen molar-refractivity contribution in [2.45, 2.75) is 57.0 Å². The van der Waals surface area contributed by atoms with E-state index in [1.54, 1.807) is 4.90 Å². The summed E-state index contributed by atoms with van der Waals surface area (Å²) in [5.41, 5.74) is 0. The summed E-state index contributed by atoms with van der Waals surface area (Å²) in [5.74, 6) is -0.465. The van der Waals surface area contributed by atoms with Crippen LogP contribution in [-0.4, -0.2) is 47.1 Å². The van der Waals surface area contributed by atoms with E-state index in [1.807, 2.05) is 0 Å². The highest BCUT2D eigenvalue weighted by Gasteiger charge is 2.35. The Morgan fingerprint density at radius 3 is 2.50 bits per heavy atom. The van der Waals surface area contributed by atoms with Gasteiger partial charge < -0.3 is 15.3 Å². The highest BCUT2D eigenvalue weighted by molar-refractivity contribution is 5.78. The van der Waals surface area contributed by atoms with Crippen LogP contribution in [0.15, 0.2) is 0 Å². The molecule has 3 rings (SSSR count). The van der Waals surface area contributed by atoms with Gasteiger partial charge in [0.15, 0.2) is 0 Å². The third kappa shape index (κ3) is 2.97. The molecule has 5 nitrogen and oxygen atoms in total. The van der Waals surface area contributed by atoms with Crippen molar-refractivity contribution in [2.75, 3.05) is 13.1 Å². The molecular weight excluding hydrogens is 256 g/mol. The number of aliphatic carboxylic acids is 1. The van der Waals surface area contributed by atoms with E-state index < -0.39 is 5.97 Å². The van der Waals surface area contributed by atoms with Gasteiger partial charge in [-0.1, -0.05) is 0 Å². The molecule has 0 aliphatic carbocycles. The van der Waals surface area contributed by atoms with Gasteiger partial charge >= 0.3 is 5.97 Å². The second-order valence-electron chi connectivity index (χ2n) is 6.70. The monoisotopic (exact) mass is 280 g/mol. The predicted octanol–water partition coefficient (Wildman–Crippen LogP) is 1.23. The van der Waals surface area contributed by atoms with Crippen LogP contribution in [0.5, 0.6) is 0 Å². The summed E-state index contributed by atoms with van der Waals surface area (Å²) in [6.45, 7) is 1.15. The summed E-state index contributed by atoms with van der Waals surface area (Å²) in [4.78, 5) is 25.2. The van der Waals surface area contributed by atoms with Gasteiger partial charge in [-0.3, -0.25) is 9.59 Å². The maximum atomic E-state index is 12.4. The van der Waals surface area contributed by atoms with Gasteiger partial charge in [-0.15, -0.1) is 0 Å². The van der Waals surface area contributed by atoms with Gasteiger partial charge in [-0.05, 0) is 44.4 Å². The first kappa shape index (κ1) is 13.9. The van der Waals surface area contributed by atoms with Crippen molar-refractivity contribution in [1.82, 2.24) is 10.2 Å². The van der Waals surface area contributed by atoms with Crippen molar-refractivity contribution in [3.63, 3.8) is 0 Å². The van der Waals surface area contributed by atoms with E-state index >= 15 is 0 Å². The van der Waals surface area contributed by atoms with Gasteiger partial charge in [0.1, 0.15) is 0 Å². The van der Waals surface area contributed by atoms with Gasteiger partial charge in [0.2, 0.25) is 5.91 Å². The number of hydrogen-bond donors (Lipinski definition) is 2. The second kappa shape index (κ2) is 5.72. The number of hydrogen-bond acceptors (Lipinski definition) is 3. The van der Waals surface area contributed by atoms with Crippen LogP contribution in [-0.2, 0) is 9.59 Å². The maximum absolute atomic E-state index is 12.4. The number of carbonyl (C=O) groups excluding carboxylic acids is 1. The highest BCUT2D eigenvalue weighted by Crippen LogP contribution is 2.33. The van der Waals surface area contributed by atoms with Crippen LogP contribution in [0.4, 0.5) is 0 Å². The Morgan fingerprint density at radius 2 is 1.85 bits per heavy atom. The number of amides is 1. The van der Waals surface area contributed by atoms with Crippen molar-refractivity contribution in [1.29, 1.82) is 0 Å². The molecule has 0 spiro atoms. The Morgan fingerprint density at radius 1 is 1.15 bits per heavy atom. The van der Waals surface area contributed by atoms with E-state index in [0.717, 1.165) is 25.8 Å². The Balaban J connectivity index is 1.52. The number of fused-ring (bicyclic) bond motifs is 2. The molecule has 3 aliphatic heterocycles. The molecule has 3 aliphatic rings. The lowest BCUT2D eigenvalue weighted by atomic mass is 9.88. The normalized spacial score (nSPS) is 36.9. The molecule has 3 heterocycles. The fourth-order valence-corrected chi connectivity index (χ4v) is 4.12. The number of rotatable bonds is 3. The molecule has 5 heteroatoms. The number of nitrogens with zero attached hydrogens (tertiary/aromatic N) is 1. The lowest BCUT2D eigenvalue weighted by Crippen LogP contribution is -2.44. The Labute approximate surface area is 119 Å². The molecule has 2 N–H and O–H groups in total. The van der Waals surface area contributed by atoms with Crippen LogP contribution in [0, 0.1) is 11.8 Å². The van der Waals surface area contributed by atoms with Gasteiger partial charge in [-0.25, -0.2) is 0 Å². The summed E-state index contributed by atoms with van der Waals surface area (Å²) in [6.07, 6.45) is 6.86. The van der Waals surface area contributed by atoms with Gasteiger partial charge in [0.25, 0.3) is 0 Å². The highest BCUT2D eigenvalue weighted by atomic mass is 16.4. The molecule has 1 amide bonds. The minimum atomic E-state index is -0.762. The van der Waals surface area contributed by atoms with E-state index in [2.05, 4.69) is 5.32 Å². The Bertz CT molecular complexity index is 387. The van der Waals surface area contributed by atoms with Crippen LogP contribution in [0.25, 0.3) is 0 Å². The standard InChI is InChI=1S/C15H24N2O3/c18-14(17-5-1-2-11(9-17)15(19)20)8-10-6-12-3-4-13(7-10)16-12/h10-13,16H,1-9H2,(H,19,20)/t10?,11-,12?,13?/m0/s1. The molecule has 3 saturated heterocycles. The fourth-order valence-electron chi connectivity index (χ4n) is 4.12. The predicted molar refractivity (Wildman–Crippen MR) is 74.2 cm³/mol. The zero-order valence-corrected chi connectivity index (χ0v) is 11.9. The lowest BCUT2D eigenvalue weighted by molar-refractivity contribution is -0.146. The quantitative estimate of drug-likeness (QED) is 0.816. The van der Waals surface area contributed by atoms with Crippen LogP contribution in [0.3, 0.4) is 0 Å². The molecule has 2 unspecified atom stereocenters. The zero-order chi connectivity index (χ0) is 14.1. The first-order valence-electron chi connectivity index (χ1n) is 7.88. The summed E-state index contributed by atoms with van der Waals surface area (Å²) >= 11 is 0. The molecule has 112 valence electrons. The first-order chi connectivity index (χ1) is 9.61. The molecule has 0 aromatic heterocycles. The van der Waals surface area contributed by atoms with E-state index in [0.29, 0.717) is 37.4 Å². The molecule has 0 saturated carbocycles.